The Morgan fingerprint density at radius 3 is 2.68 bits per heavy atom. The van der Waals surface area contributed by atoms with E-state index in [0.717, 1.165) is 24.1 Å². The van der Waals surface area contributed by atoms with Gasteiger partial charge in [0.1, 0.15) is 11.4 Å². The van der Waals surface area contributed by atoms with Gasteiger partial charge >= 0.3 is 0 Å². The summed E-state index contributed by atoms with van der Waals surface area (Å²) in [5.74, 6) is 0.183. The van der Waals surface area contributed by atoms with Crippen molar-refractivity contribution in [2.45, 2.75) is 25.4 Å². The van der Waals surface area contributed by atoms with Crippen molar-refractivity contribution in [1.29, 1.82) is 0 Å². The van der Waals surface area contributed by atoms with Crippen molar-refractivity contribution in [3.8, 4) is 5.75 Å². The number of benzene rings is 1. The van der Waals surface area contributed by atoms with Gasteiger partial charge in [0.2, 0.25) is 0 Å². The maximum atomic E-state index is 12.1. The number of nitrogens with one attached hydrogen (secondary N) is 1. The molecule has 3 rings (SSSR count). The lowest BCUT2D eigenvalue weighted by molar-refractivity contribution is 0.0941. The summed E-state index contributed by atoms with van der Waals surface area (Å²) in [6.45, 7) is 0.467. The van der Waals surface area contributed by atoms with Crippen LogP contribution in [0, 0.1) is 0 Å². The lowest BCUT2D eigenvalue weighted by Gasteiger charge is -2.09. The molecule has 0 unspecified atom stereocenters. The van der Waals surface area contributed by atoms with Crippen LogP contribution < -0.4 is 5.32 Å². The number of nitrogens with zero attached hydrogens (tertiary/aromatic N) is 1. The Kier molecular flexibility index (Phi) is 2.99. The summed E-state index contributed by atoms with van der Waals surface area (Å²) in [5, 5.41) is 12.1. The van der Waals surface area contributed by atoms with Crippen LogP contribution in [0.2, 0.25) is 0 Å². The van der Waals surface area contributed by atoms with Crippen molar-refractivity contribution in [2.24, 2.45) is 0 Å². The van der Waals surface area contributed by atoms with Crippen LogP contribution in [-0.2, 0) is 6.54 Å². The van der Waals surface area contributed by atoms with E-state index in [-0.39, 0.29) is 11.7 Å². The highest BCUT2D eigenvalue weighted by Gasteiger charge is 2.26. The fourth-order valence-corrected chi connectivity index (χ4v) is 2.14. The molecule has 4 heteroatoms. The molecule has 0 spiro atoms. The van der Waals surface area contributed by atoms with Gasteiger partial charge in [-0.2, -0.15) is 0 Å². The normalized spacial score (nSPS) is 14.3. The minimum atomic E-state index is -0.0509. The van der Waals surface area contributed by atoms with E-state index in [1.807, 2.05) is 22.9 Å². The highest BCUT2D eigenvalue weighted by Crippen LogP contribution is 2.35. The second-order valence-corrected chi connectivity index (χ2v) is 4.88. The summed E-state index contributed by atoms with van der Waals surface area (Å²) >= 11 is 0. The second-order valence-electron chi connectivity index (χ2n) is 4.88. The van der Waals surface area contributed by atoms with Crippen molar-refractivity contribution < 1.29 is 9.90 Å². The molecule has 4 nitrogen and oxygen atoms in total. The molecule has 1 aliphatic carbocycles. The molecule has 1 aromatic heterocycles. The zero-order chi connectivity index (χ0) is 13.2. The van der Waals surface area contributed by atoms with Gasteiger partial charge in [0, 0.05) is 18.8 Å². The van der Waals surface area contributed by atoms with Crippen molar-refractivity contribution >= 4 is 5.91 Å². The average Bonchev–Trinajstić information content (AvgIpc) is 3.15. The fraction of sp³-hybridized carbons (Fsp3) is 0.267. The topological polar surface area (TPSA) is 54.3 Å². The van der Waals surface area contributed by atoms with E-state index < -0.39 is 0 Å². The minimum absolute atomic E-state index is 0.0509. The zero-order valence-electron chi connectivity index (χ0n) is 10.5. The predicted octanol–water partition coefficient (Wildman–Crippen LogP) is 2.46. The van der Waals surface area contributed by atoms with Gasteiger partial charge in [-0.1, -0.05) is 12.1 Å². The Morgan fingerprint density at radius 1 is 1.26 bits per heavy atom. The molecule has 1 aromatic carbocycles. The summed E-state index contributed by atoms with van der Waals surface area (Å²) in [7, 11) is 0. The molecule has 2 N–H and O–H groups in total. The third-order valence-corrected chi connectivity index (χ3v) is 3.34. The van der Waals surface area contributed by atoms with Gasteiger partial charge in [-0.25, -0.2) is 0 Å². The van der Waals surface area contributed by atoms with Crippen molar-refractivity contribution in [1.82, 2.24) is 9.88 Å². The largest absolute Gasteiger partial charge is 0.508 e. The molecule has 1 heterocycles. The molecular weight excluding hydrogens is 240 g/mol. The predicted molar refractivity (Wildman–Crippen MR) is 72.0 cm³/mol. The Hall–Kier alpha value is -2.23. The monoisotopic (exact) mass is 256 g/mol. The molecular formula is C15H16N2O2. The molecule has 0 saturated heterocycles. The summed E-state index contributed by atoms with van der Waals surface area (Å²) in [6.07, 6.45) is 4.28. The van der Waals surface area contributed by atoms with Crippen molar-refractivity contribution in [2.75, 3.05) is 0 Å². The molecule has 19 heavy (non-hydrogen) atoms. The number of hydrogen-bond acceptors (Lipinski definition) is 2. The van der Waals surface area contributed by atoms with Gasteiger partial charge in [-0.3, -0.25) is 4.79 Å². The number of phenols is 1. The maximum Gasteiger partial charge on any atom is 0.268 e. The third kappa shape index (κ3) is 2.62. The van der Waals surface area contributed by atoms with Gasteiger partial charge in [-0.15, -0.1) is 0 Å². The SMILES string of the molecule is O=C(NCc1ccc(O)cc1)c1cccn1C1CC1. The molecule has 1 amide bonds. The number of aromatic hydroxyl groups is 1. The first-order valence-corrected chi connectivity index (χ1v) is 6.47. The van der Waals surface area contributed by atoms with Crippen LogP contribution in [0.15, 0.2) is 42.6 Å². The van der Waals surface area contributed by atoms with E-state index in [2.05, 4.69) is 5.32 Å². The van der Waals surface area contributed by atoms with Crippen LogP contribution in [0.5, 0.6) is 5.75 Å². The molecule has 0 atom stereocenters. The van der Waals surface area contributed by atoms with E-state index in [4.69, 9.17) is 0 Å². The van der Waals surface area contributed by atoms with Crippen LogP contribution in [0.4, 0.5) is 0 Å². The molecule has 0 aliphatic heterocycles. The highest BCUT2D eigenvalue weighted by atomic mass is 16.3. The van der Waals surface area contributed by atoms with Crippen LogP contribution in [-0.4, -0.2) is 15.6 Å². The summed E-state index contributed by atoms with van der Waals surface area (Å²) < 4.78 is 2.05. The number of aromatic nitrogens is 1. The zero-order valence-corrected chi connectivity index (χ0v) is 10.5. The van der Waals surface area contributed by atoms with Crippen LogP contribution in [0.3, 0.4) is 0 Å². The standard InChI is InChI=1S/C15H16N2O2/c18-13-7-3-11(4-8-13)10-16-15(19)14-2-1-9-17(14)12-5-6-12/h1-4,7-9,12,18H,5-6,10H2,(H,16,19). The number of amides is 1. The minimum Gasteiger partial charge on any atom is -0.508 e. The first kappa shape index (κ1) is 11.8. The van der Waals surface area contributed by atoms with Crippen LogP contribution in [0.1, 0.15) is 34.9 Å². The number of carbonyl (C=O) groups excluding carboxylic acids is 1. The molecule has 1 fully saturated rings. The number of phenolic OH excluding ortho intramolecular Hbond substituents is 1. The second kappa shape index (κ2) is 4.80. The van der Waals surface area contributed by atoms with E-state index in [0.29, 0.717) is 12.6 Å². The number of rotatable bonds is 4. The fourth-order valence-electron chi connectivity index (χ4n) is 2.14. The van der Waals surface area contributed by atoms with Gasteiger partial charge in [-0.05, 0) is 42.7 Å². The Bertz CT molecular complexity index is 582. The Labute approximate surface area is 111 Å². The highest BCUT2D eigenvalue weighted by molar-refractivity contribution is 5.92. The molecule has 0 radical (unpaired) electrons. The van der Waals surface area contributed by atoms with Crippen molar-refractivity contribution in [3.05, 3.63) is 53.9 Å². The molecule has 0 bridgehead atoms. The van der Waals surface area contributed by atoms with Gasteiger partial charge in [0.15, 0.2) is 0 Å². The van der Waals surface area contributed by atoms with E-state index in [1.54, 1.807) is 24.3 Å². The van der Waals surface area contributed by atoms with E-state index in [1.165, 1.54) is 0 Å². The summed E-state index contributed by atoms with van der Waals surface area (Å²) in [4.78, 5) is 12.1. The van der Waals surface area contributed by atoms with Gasteiger partial charge in [0.05, 0.1) is 0 Å². The number of carbonyl (C=O) groups is 1. The third-order valence-electron chi connectivity index (χ3n) is 3.34. The summed E-state index contributed by atoms with van der Waals surface area (Å²) in [6, 6.07) is 11.1. The lowest BCUT2D eigenvalue weighted by Crippen LogP contribution is -2.25. The average molecular weight is 256 g/mol. The number of hydrogen-bond donors (Lipinski definition) is 2. The molecule has 98 valence electrons. The maximum absolute atomic E-state index is 12.1. The van der Waals surface area contributed by atoms with E-state index in [9.17, 15) is 9.90 Å². The first-order valence-electron chi connectivity index (χ1n) is 6.47. The Balaban J connectivity index is 1.64. The van der Waals surface area contributed by atoms with Crippen LogP contribution >= 0.6 is 0 Å². The molecule has 2 aromatic rings. The Morgan fingerprint density at radius 2 is 2.00 bits per heavy atom. The quantitative estimate of drug-likeness (QED) is 0.883. The molecule has 1 saturated carbocycles. The lowest BCUT2D eigenvalue weighted by atomic mass is 10.2. The first-order chi connectivity index (χ1) is 9.24. The van der Waals surface area contributed by atoms with Gasteiger partial charge < -0.3 is 15.0 Å². The molecule has 1 aliphatic rings. The van der Waals surface area contributed by atoms with Gasteiger partial charge in [0.25, 0.3) is 5.91 Å². The van der Waals surface area contributed by atoms with Crippen LogP contribution in [0.25, 0.3) is 0 Å². The smallest absolute Gasteiger partial charge is 0.268 e. The summed E-state index contributed by atoms with van der Waals surface area (Å²) in [5.41, 5.74) is 1.69. The van der Waals surface area contributed by atoms with E-state index >= 15 is 0 Å². The van der Waals surface area contributed by atoms with Crippen molar-refractivity contribution in [3.63, 3.8) is 0 Å².